The highest BCUT2D eigenvalue weighted by atomic mass is 16.5. The average Bonchev–Trinajstić information content (AvgIpc) is 2.45. The summed E-state index contributed by atoms with van der Waals surface area (Å²) in [4.78, 5) is 25.1. The molecule has 0 aliphatic carbocycles. The quantitative estimate of drug-likeness (QED) is 0.646. The highest BCUT2D eigenvalue weighted by molar-refractivity contribution is 6.00. The number of carbonyl (C=O) groups excluding carboxylic acids is 2. The Hall–Kier alpha value is -2.24. The van der Waals surface area contributed by atoms with Crippen LogP contribution in [0.4, 0.5) is 5.69 Å². The lowest BCUT2D eigenvalue weighted by atomic mass is 10.1. The van der Waals surface area contributed by atoms with Gasteiger partial charge in [-0.25, -0.2) is 0 Å². The molecule has 1 aromatic rings. The number of rotatable bonds is 5. The van der Waals surface area contributed by atoms with Crippen molar-refractivity contribution >= 4 is 17.6 Å². The maximum atomic E-state index is 12.3. The van der Waals surface area contributed by atoms with Gasteiger partial charge in [0.25, 0.3) is 5.91 Å². The van der Waals surface area contributed by atoms with E-state index in [4.69, 9.17) is 10.5 Å². The second kappa shape index (κ2) is 6.79. The second-order valence-electron chi connectivity index (χ2n) is 4.53. The lowest BCUT2D eigenvalue weighted by Gasteiger charge is -2.21. The summed E-state index contributed by atoms with van der Waals surface area (Å²) in [6.45, 7) is 1.95. The molecule has 0 aliphatic rings. The van der Waals surface area contributed by atoms with Gasteiger partial charge >= 0.3 is 5.97 Å². The summed E-state index contributed by atoms with van der Waals surface area (Å²) < 4.78 is 9.72. The molecule has 0 radical (unpaired) electrons. The van der Waals surface area contributed by atoms with Crippen LogP contribution in [0.3, 0.4) is 0 Å². The molecule has 2 N–H and O–H groups in total. The SMILES string of the molecule is COC(=O)C(C)CN(C)C(=O)c1cccc(OC)c1N. The zero-order valence-corrected chi connectivity index (χ0v) is 12.2. The van der Waals surface area contributed by atoms with Gasteiger partial charge in [-0.1, -0.05) is 13.0 Å². The summed E-state index contributed by atoms with van der Waals surface area (Å²) in [5.41, 5.74) is 6.53. The molecule has 0 spiro atoms. The molecule has 0 aliphatic heterocycles. The fourth-order valence-electron chi connectivity index (χ4n) is 1.88. The minimum absolute atomic E-state index is 0.252. The molecule has 1 unspecified atom stereocenters. The number of carbonyl (C=O) groups is 2. The number of hydrogen-bond donors (Lipinski definition) is 1. The van der Waals surface area contributed by atoms with Crippen LogP contribution in [0.5, 0.6) is 5.75 Å². The molecule has 0 heterocycles. The Morgan fingerprint density at radius 1 is 1.35 bits per heavy atom. The van der Waals surface area contributed by atoms with Crippen LogP contribution in [0.25, 0.3) is 0 Å². The molecule has 0 saturated heterocycles. The van der Waals surface area contributed by atoms with Gasteiger partial charge in [-0.15, -0.1) is 0 Å². The van der Waals surface area contributed by atoms with Crippen LogP contribution in [0, 0.1) is 5.92 Å². The molecule has 1 amide bonds. The lowest BCUT2D eigenvalue weighted by Crippen LogP contribution is -2.34. The van der Waals surface area contributed by atoms with E-state index in [0.717, 1.165) is 0 Å². The zero-order chi connectivity index (χ0) is 15.3. The van der Waals surface area contributed by atoms with Crippen molar-refractivity contribution in [3.05, 3.63) is 23.8 Å². The molecule has 6 heteroatoms. The maximum absolute atomic E-state index is 12.3. The van der Waals surface area contributed by atoms with Gasteiger partial charge in [0.1, 0.15) is 5.75 Å². The number of esters is 1. The van der Waals surface area contributed by atoms with Gasteiger partial charge < -0.3 is 20.1 Å². The number of para-hydroxylation sites is 1. The predicted molar refractivity (Wildman–Crippen MR) is 75.5 cm³/mol. The van der Waals surface area contributed by atoms with E-state index in [0.29, 0.717) is 11.3 Å². The summed E-state index contributed by atoms with van der Waals surface area (Å²) in [7, 11) is 4.42. The normalized spacial score (nSPS) is 11.6. The average molecular weight is 280 g/mol. The molecular weight excluding hydrogens is 260 g/mol. The van der Waals surface area contributed by atoms with E-state index in [1.165, 1.54) is 19.1 Å². The summed E-state index contributed by atoms with van der Waals surface area (Å²) >= 11 is 0. The third kappa shape index (κ3) is 3.40. The number of nitrogen functional groups attached to an aromatic ring is 1. The van der Waals surface area contributed by atoms with Crippen molar-refractivity contribution in [1.29, 1.82) is 0 Å². The number of nitrogens with two attached hydrogens (primary N) is 1. The number of methoxy groups -OCH3 is 2. The van der Waals surface area contributed by atoms with Crippen molar-refractivity contribution in [2.75, 3.05) is 33.5 Å². The molecule has 0 aromatic heterocycles. The van der Waals surface area contributed by atoms with E-state index in [9.17, 15) is 9.59 Å². The Bertz CT molecular complexity index is 502. The second-order valence-corrected chi connectivity index (χ2v) is 4.53. The molecule has 1 aromatic carbocycles. The fraction of sp³-hybridized carbons (Fsp3) is 0.429. The minimum Gasteiger partial charge on any atom is -0.495 e. The van der Waals surface area contributed by atoms with E-state index in [2.05, 4.69) is 4.74 Å². The van der Waals surface area contributed by atoms with Crippen LogP contribution in [0.2, 0.25) is 0 Å². The van der Waals surface area contributed by atoms with Gasteiger partial charge in [0, 0.05) is 13.6 Å². The zero-order valence-electron chi connectivity index (χ0n) is 12.2. The van der Waals surface area contributed by atoms with E-state index >= 15 is 0 Å². The maximum Gasteiger partial charge on any atom is 0.310 e. The number of anilines is 1. The number of nitrogens with zero attached hydrogens (tertiary/aromatic N) is 1. The van der Waals surface area contributed by atoms with E-state index < -0.39 is 5.92 Å². The van der Waals surface area contributed by atoms with Crippen LogP contribution >= 0.6 is 0 Å². The Morgan fingerprint density at radius 3 is 2.55 bits per heavy atom. The van der Waals surface area contributed by atoms with Crippen molar-refractivity contribution in [3.63, 3.8) is 0 Å². The van der Waals surface area contributed by atoms with Crippen LogP contribution in [-0.2, 0) is 9.53 Å². The first-order valence-electron chi connectivity index (χ1n) is 6.18. The van der Waals surface area contributed by atoms with Crippen LogP contribution in [0.15, 0.2) is 18.2 Å². The van der Waals surface area contributed by atoms with E-state index in [1.807, 2.05) is 0 Å². The molecule has 1 atom stereocenters. The molecule has 1 rings (SSSR count). The van der Waals surface area contributed by atoms with Crippen molar-refractivity contribution < 1.29 is 19.1 Å². The first-order chi connectivity index (χ1) is 9.42. The highest BCUT2D eigenvalue weighted by Gasteiger charge is 2.21. The summed E-state index contributed by atoms with van der Waals surface area (Å²) in [6, 6.07) is 5.00. The molecule has 0 fully saturated rings. The van der Waals surface area contributed by atoms with Gasteiger partial charge in [0.15, 0.2) is 0 Å². The first kappa shape index (κ1) is 15.8. The van der Waals surface area contributed by atoms with Crippen LogP contribution in [-0.4, -0.2) is 44.6 Å². The van der Waals surface area contributed by atoms with Crippen molar-refractivity contribution in [3.8, 4) is 5.75 Å². The highest BCUT2D eigenvalue weighted by Crippen LogP contribution is 2.25. The summed E-state index contributed by atoms with van der Waals surface area (Å²) in [5, 5.41) is 0. The third-order valence-electron chi connectivity index (χ3n) is 3.01. The standard InChI is InChI=1S/C14H20N2O4/c1-9(14(18)20-4)8-16(2)13(17)10-6-5-7-11(19-3)12(10)15/h5-7,9H,8,15H2,1-4H3. The third-order valence-corrected chi connectivity index (χ3v) is 3.01. The largest absolute Gasteiger partial charge is 0.495 e. The van der Waals surface area contributed by atoms with Crippen molar-refractivity contribution in [2.24, 2.45) is 5.92 Å². The minimum atomic E-state index is -0.402. The van der Waals surface area contributed by atoms with Crippen molar-refractivity contribution in [1.82, 2.24) is 4.90 Å². The first-order valence-corrected chi connectivity index (χ1v) is 6.18. The Labute approximate surface area is 118 Å². The number of amides is 1. The molecule has 0 saturated carbocycles. The van der Waals surface area contributed by atoms with E-state index in [1.54, 1.807) is 32.2 Å². The monoisotopic (exact) mass is 280 g/mol. The molecular formula is C14H20N2O4. The molecule has 0 bridgehead atoms. The Balaban J connectivity index is 2.87. The Kier molecular flexibility index (Phi) is 5.37. The van der Waals surface area contributed by atoms with Gasteiger partial charge in [-0.05, 0) is 12.1 Å². The number of hydrogen-bond acceptors (Lipinski definition) is 5. The smallest absolute Gasteiger partial charge is 0.310 e. The van der Waals surface area contributed by atoms with Gasteiger partial charge in [0.2, 0.25) is 0 Å². The van der Waals surface area contributed by atoms with Gasteiger partial charge in [-0.3, -0.25) is 9.59 Å². The van der Waals surface area contributed by atoms with Gasteiger partial charge in [0.05, 0.1) is 31.4 Å². The summed E-state index contributed by atoms with van der Waals surface area (Å²) in [6.07, 6.45) is 0. The molecule has 6 nitrogen and oxygen atoms in total. The van der Waals surface area contributed by atoms with Gasteiger partial charge in [-0.2, -0.15) is 0 Å². The number of ether oxygens (including phenoxy) is 2. The van der Waals surface area contributed by atoms with Crippen LogP contribution in [0.1, 0.15) is 17.3 Å². The lowest BCUT2D eigenvalue weighted by molar-refractivity contribution is -0.145. The molecule has 20 heavy (non-hydrogen) atoms. The fourth-order valence-corrected chi connectivity index (χ4v) is 1.88. The molecule has 110 valence electrons. The number of benzene rings is 1. The van der Waals surface area contributed by atoms with E-state index in [-0.39, 0.29) is 24.1 Å². The Morgan fingerprint density at radius 2 is 2.00 bits per heavy atom. The summed E-state index contributed by atoms with van der Waals surface area (Å²) in [5.74, 6) is -0.577. The van der Waals surface area contributed by atoms with Crippen LogP contribution < -0.4 is 10.5 Å². The predicted octanol–water partition coefficient (Wildman–Crippen LogP) is 1.16. The van der Waals surface area contributed by atoms with Crippen molar-refractivity contribution in [2.45, 2.75) is 6.92 Å². The topological polar surface area (TPSA) is 81.9 Å².